The fourth-order valence-corrected chi connectivity index (χ4v) is 3.79. The van der Waals surface area contributed by atoms with Crippen LogP contribution in [0.2, 0.25) is 0 Å². The number of carbonyl (C=O) groups is 2. The highest BCUT2D eigenvalue weighted by molar-refractivity contribution is 5.94. The van der Waals surface area contributed by atoms with Gasteiger partial charge in [0.25, 0.3) is 5.91 Å². The Morgan fingerprint density at radius 2 is 1.74 bits per heavy atom. The smallest absolute Gasteiger partial charge is 0.314 e. The van der Waals surface area contributed by atoms with Crippen molar-refractivity contribution in [2.24, 2.45) is 0 Å². The van der Waals surface area contributed by atoms with Crippen molar-refractivity contribution >= 4 is 17.5 Å². The maximum Gasteiger partial charge on any atom is 0.314 e. The fourth-order valence-electron chi connectivity index (χ4n) is 3.79. The van der Waals surface area contributed by atoms with E-state index in [1.54, 1.807) is 27.6 Å². The molecular weight excluding hydrogens is 344 g/mol. The summed E-state index contributed by atoms with van der Waals surface area (Å²) in [6.07, 6.45) is 2.53. The van der Waals surface area contributed by atoms with Crippen LogP contribution in [0, 0.1) is 6.92 Å². The summed E-state index contributed by atoms with van der Waals surface area (Å²) in [5, 5.41) is 17.9. The lowest BCUT2D eigenvalue weighted by atomic mass is 9.73. The van der Waals surface area contributed by atoms with Gasteiger partial charge in [-0.05, 0) is 37.5 Å². The SMILES string of the molecule is Cc1nnc2ccc(C(=O)N3CCC(C(=O)O)(c4ccccc4)CC3)cn12. The minimum absolute atomic E-state index is 0.1000. The molecule has 7 nitrogen and oxygen atoms in total. The van der Waals surface area contributed by atoms with Crippen molar-refractivity contribution in [2.45, 2.75) is 25.2 Å². The molecule has 0 aliphatic carbocycles. The van der Waals surface area contributed by atoms with Crippen LogP contribution in [-0.2, 0) is 10.2 Å². The van der Waals surface area contributed by atoms with E-state index in [1.165, 1.54) is 0 Å². The molecule has 7 heteroatoms. The predicted octanol–water partition coefficient (Wildman–Crippen LogP) is 2.30. The van der Waals surface area contributed by atoms with E-state index in [2.05, 4.69) is 10.2 Å². The zero-order valence-corrected chi connectivity index (χ0v) is 15.0. The fraction of sp³-hybridized carbons (Fsp3) is 0.300. The molecule has 0 saturated carbocycles. The predicted molar refractivity (Wildman–Crippen MR) is 98.6 cm³/mol. The molecule has 1 aliphatic rings. The number of carboxylic acids is 1. The van der Waals surface area contributed by atoms with Crippen molar-refractivity contribution < 1.29 is 14.7 Å². The van der Waals surface area contributed by atoms with E-state index in [4.69, 9.17) is 0 Å². The first-order chi connectivity index (χ1) is 13.0. The van der Waals surface area contributed by atoms with E-state index in [1.807, 2.05) is 37.3 Å². The first-order valence-corrected chi connectivity index (χ1v) is 8.91. The van der Waals surface area contributed by atoms with E-state index in [-0.39, 0.29) is 5.91 Å². The Labute approximate surface area is 156 Å². The van der Waals surface area contributed by atoms with Gasteiger partial charge in [0.05, 0.1) is 11.0 Å². The van der Waals surface area contributed by atoms with E-state index < -0.39 is 11.4 Å². The maximum atomic E-state index is 12.9. The average molecular weight is 364 g/mol. The number of piperidine rings is 1. The van der Waals surface area contributed by atoms with Crippen molar-refractivity contribution in [3.05, 3.63) is 65.6 Å². The highest BCUT2D eigenvalue weighted by Gasteiger charge is 2.43. The number of pyridine rings is 1. The van der Waals surface area contributed by atoms with Crippen molar-refractivity contribution in [2.75, 3.05) is 13.1 Å². The zero-order chi connectivity index (χ0) is 19.0. The highest BCUT2D eigenvalue weighted by Crippen LogP contribution is 2.36. The van der Waals surface area contributed by atoms with Crippen LogP contribution in [0.5, 0.6) is 0 Å². The number of hydrogen-bond acceptors (Lipinski definition) is 4. The van der Waals surface area contributed by atoms with Crippen molar-refractivity contribution in [3.8, 4) is 0 Å². The number of likely N-dealkylation sites (tertiary alicyclic amines) is 1. The molecular formula is C20H20N4O3. The second-order valence-electron chi connectivity index (χ2n) is 6.94. The van der Waals surface area contributed by atoms with Gasteiger partial charge in [-0.2, -0.15) is 0 Å². The highest BCUT2D eigenvalue weighted by atomic mass is 16.4. The third-order valence-electron chi connectivity index (χ3n) is 5.46. The Bertz CT molecular complexity index is 1000. The molecule has 1 aliphatic heterocycles. The number of fused-ring (bicyclic) bond motifs is 1. The number of aryl methyl sites for hydroxylation is 1. The number of aromatic nitrogens is 3. The van der Waals surface area contributed by atoms with Gasteiger partial charge in [0.1, 0.15) is 5.82 Å². The Morgan fingerprint density at radius 3 is 2.41 bits per heavy atom. The van der Waals surface area contributed by atoms with E-state index in [0.29, 0.717) is 43.0 Å². The largest absolute Gasteiger partial charge is 0.481 e. The topological polar surface area (TPSA) is 87.8 Å². The third-order valence-corrected chi connectivity index (χ3v) is 5.46. The van der Waals surface area contributed by atoms with Crippen molar-refractivity contribution in [3.63, 3.8) is 0 Å². The summed E-state index contributed by atoms with van der Waals surface area (Å²) >= 11 is 0. The summed E-state index contributed by atoms with van der Waals surface area (Å²) in [4.78, 5) is 26.7. The van der Waals surface area contributed by atoms with Crippen molar-refractivity contribution in [1.82, 2.24) is 19.5 Å². The summed E-state index contributed by atoms with van der Waals surface area (Å²) in [6.45, 7) is 2.63. The van der Waals surface area contributed by atoms with E-state index >= 15 is 0 Å². The summed E-state index contributed by atoms with van der Waals surface area (Å²) in [5.41, 5.74) is 1.10. The molecule has 1 saturated heterocycles. The summed E-state index contributed by atoms with van der Waals surface area (Å²) < 4.78 is 1.78. The van der Waals surface area contributed by atoms with Crippen LogP contribution < -0.4 is 0 Å². The van der Waals surface area contributed by atoms with Crippen LogP contribution in [0.25, 0.3) is 5.65 Å². The van der Waals surface area contributed by atoms with Crippen LogP contribution >= 0.6 is 0 Å². The number of aliphatic carboxylic acids is 1. The molecule has 2 aromatic heterocycles. The molecule has 0 radical (unpaired) electrons. The minimum atomic E-state index is -0.938. The Morgan fingerprint density at radius 1 is 1.04 bits per heavy atom. The second kappa shape index (κ2) is 6.50. The molecule has 138 valence electrons. The lowest BCUT2D eigenvalue weighted by Gasteiger charge is -2.39. The van der Waals surface area contributed by atoms with Crippen LogP contribution in [0.15, 0.2) is 48.7 Å². The molecule has 3 heterocycles. The standard InChI is InChI=1S/C20H20N4O3/c1-14-21-22-17-8-7-15(13-24(14)17)18(25)23-11-9-20(10-12-23,19(26)27)16-5-3-2-4-6-16/h2-8,13H,9-12H2,1H3,(H,26,27). The Hall–Kier alpha value is -3.22. The average Bonchev–Trinajstić information content (AvgIpc) is 3.08. The van der Waals surface area contributed by atoms with Gasteiger partial charge in [-0.1, -0.05) is 30.3 Å². The molecule has 0 unspecified atom stereocenters. The van der Waals surface area contributed by atoms with Gasteiger partial charge >= 0.3 is 5.97 Å². The van der Waals surface area contributed by atoms with Gasteiger partial charge in [-0.25, -0.2) is 0 Å². The first-order valence-electron chi connectivity index (χ1n) is 8.91. The quantitative estimate of drug-likeness (QED) is 0.770. The van der Waals surface area contributed by atoms with Gasteiger partial charge in [-0.3, -0.25) is 14.0 Å². The van der Waals surface area contributed by atoms with Crippen LogP contribution in [0.3, 0.4) is 0 Å². The van der Waals surface area contributed by atoms with Gasteiger partial charge in [0, 0.05) is 19.3 Å². The first kappa shape index (κ1) is 17.2. The number of nitrogens with zero attached hydrogens (tertiary/aromatic N) is 4. The van der Waals surface area contributed by atoms with Crippen LogP contribution in [-0.4, -0.2) is 49.6 Å². The molecule has 4 rings (SSSR count). The monoisotopic (exact) mass is 364 g/mol. The molecule has 1 aromatic carbocycles. The molecule has 0 bridgehead atoms. The lowest BCUT2D eigenvalue weighted by Crippen LogP contribution is -2.49. The minimum Gasteiger partial charge on any atom is -0.481 e. The normalized spacial score (nSPS) is 16.4. The Kier molecular flexibility index (Phi) is 4.14. The van der Waals surface area contributed by atoms with E-state index in [0.717, 1.165) is 5.56 Å². The summed E-state index contributed by atoms with van der Waals surface area (Å²) in [5.74, 6) is -0.216. The van der Waals surface area contributed by atoms with Gasteiger partial charge in [-0.15, -0.1) is 10.2 Å². The number of hydrogen-bond donors (Lipinski definition) is 1. The molecule has 1 fully saturated rings. The number of benzene rings is 1. The van der Waals surface area contributed by atoms with E-state index in [9.17, 15) is 14.7 Å². The number of rotatable bonds is 3. The number of carboxylic acid groups (broad SMARTS) is 1. The molecule has 0 spiro atoms. The van der Waals surface area contributed by atoms with Crippen molar-refractivity contribution in [1.29, 1.82) is 0 Å². The zero-order valence-electron chi connectivity index (χ0n) is 15.0. The second-order valence-corrected chi connectivity index (χ2v) is 6.94. The van der Waals surface area contributed by atoms with Gasteiger partial charge < -0.3 is 10.0 Å². The molecule has 1 N–H and O–H groups in total. The van der Waals surface area contributed by atoms with Gasteiger partial charge in [0.15, 0.2) is 5.65 Å². The number of amides is 1. The molecule has 3 aromatic rings. The molecule has 27 heavy (non-hydrogen) atoms. The lowest BCUT2D eigenvalue weighted by molar-refractivity contribution is -0.145. The molecule has 0 atom stereocenters. The summed E-state index contributed by atoms with van der Waals surface area (Å²) in [6, 6.07) is 12.8. The van der Waals surface area contributed by atoms with Gasteiger partial charge in [0.2, 0.25) is 0 Å². The summed E-state index contributed by atoms with van der Waals surface area (Å²) in [7, 11) is 0. The van der Waals surface area contributed by atoms with Crippen LogP contribution in [0.1, 0.15) is 34.6 Å². The van der Waals surface area contributed by atoms with Crippen LogP contribution in [0.4, 0.5) is 0 Å². The Balaban J connectivity index is 1.56. The maximum absolute atomic E-state index is 12.9. The third kappa shape index (κ3) is 2.85. The number of carbonyl (C=O) groups excluding carboxylic acids is 1. The molecule has 1 amide bonds.